The lowest BCUT2D eigenvalue weighted by Gasteiger charge is -2.06. The molecule has 0 atom stereocenters. The normalized spacial score (nSPS) is 11.0. The quantitative estimate of drug-likeness (QED) is 0.229. The molecule has 0 radical (unpaired) electrons. The number of hydrogen-bond donors (Lipinski definition) is 2. The molecule has 0 fully saturated rings. The summed E-state index contributed by atoms with van der Waals surface area (Å²) in [6.07, 6.45) is 9.07. The summed E-state index contributed by atoms with van der Waals surface area (Å²) in [4.78, 5) is 12.2. The number of nitrogens with one attached hydrogen (secondary N) is 2. The van der Waals surface area contributed by atoms with Crippen molar-refractivity contribution in [2.24, 2.45) is 5.10 Å². The van der Waals surface area contributed by atoms with E-state index in [9.17, 15) is 4.79 Å². The van der Waals surface area contributed by atoms with E-state index >= 15 is 0 Å². The molecule has 0 saturated carbocycles. The Bertz CT molecular complexity index is 949. The number of rotatable bonds is 12. The first-order valence-corrected chi connectivity index (χ1v) is 10.9. The molecule has 0 unspecified atom stereocenters. The second kappa shape index (κ2) is 12.3. The number of amides is 1. The van der Waals surface area contributed by atoms with Crippen molar-refractivity contribution >= 4 is 12.1 Å². The Hall–Kier alpha value is -3.41. The number of hydrazone groups is 1. The SMILES string of the molecule is CCCCCCCCOc1ccc(-c2cc(C(=O)N/N=C/c3ccccc3)[nH]n2)cc1. The van der Waals surface area contributed by atoms with Gasteiger partial charge in [0.05, 0.1) is 18.5 Å². The van der Waals surface area contributed by atoms with Crippen LogP contribution in [0.15, 0.2) is 65.8 Å². The number of carbonyl (C=O) groups excluding carboxylic acids is 1. The largest absolute Gasteiger partial charge is 0.494 e. The van der Waals surface area contributed by atoms with E-state index in [-0.39, 0.29) is 5.91 Å². The molecule has 0 saturated heterocycles. The summed E-state index contributed by atoms with van der Waals surface area (Å²) in [5.41, 5.74) is 5.37. The van der Waals surface area contributed by atoms with Gasteiger partial charge in [0.1, 0.15) is 11.4 Å². The fourth-order valence-electron chi connectivity index (χ4n) is 3.15. The van der Waals surface area contributed by atoms with E-state index in [4.69, 9.17) is 4.74 Å². The summed E-state index contributed by atoms with van der Waals surface area (Å²) in [6.45, 7) is 2.97. The number of hydrogen-bond acceptors (Lipinski definition) is 4. The lowest BCUT2D eigenvalue weighted by atomic mass is 10.1. The molecule has 31 heavy (non-hydrogen) atoms. The minimum absolute atomic E-state index is 0.343. The number of ether oxygens (including phenoxy) is 1. The van der Waals surface area contributed by atoms with Crippen molar-refractivity contribution in [3.63, 3.8) is 0 Å². The van der Waals surface area contributed by atoms with Gasteiger partial charge in [-0.1, -0.05) is 69.4 Å². The summed E-state index contributed by atoms with van der Waals surface area (Å²) in [5.74, 6) is 0.505. The topological polar surface area (TPSA) is 79.4 Å². The molecule has 0 spiro atoms. The Kier molecular flexibility index (Phi) is 8.86. The monoisotopic (exact) mass is 418 g/mol. The average molecular weight is 419 g/mol. The zero-order valence-electron chi connectivity index (χ0n) is 18.0. The van der Waals surface area contributed by atoms with Gasteiger partial charge >= 0.3 is 0 Å². The number of unbranched alkanes of at least 4 members (excludes halogenated alkanes) is 5. The Balaban J connectivity index is 1.45. The predicted octanol–water partition coefficient (Wildman–Crippen LogP) is 5.58. The third-order valence-electron chi connectivity index (χ3n) is 4.92. The van der Waals surface area contributed by atoms with Gasteiger partial charge in [0.2, 0.25) is 0 Å². The van der Waals surface area contributed by atoms with Gasteiger partial charge in [-0.2, -0.15) is 10.2 Å². The lowest BCUT2D eigenvalue weighted by molar-refractivity contribution is 0.0950. The summed E-state index contributed by atoms with van der Waals surface area (Å²) in [7, 11) is 0. The Morgan fingerprint density at radius 3 is 2.55 bits per heavy atom. The Morgan fingerprint density at radius 1 is 1.03 bits per heavy atom. The summed E-state index contributed by atoms with van der Waals surface area (Å²) < 4.78 is 5.82. The smallest absolute Gasteiger partial charge is 0.289 e. The van der Waals surface area contributed by atoms with Crippen molar-refractivity contribution in [1.82, 2.24) is 15.6 Å². The fourth-order valence-corrected chi connectivity index (χ4v) is 3.15. The maximum Gasteiger partial charge on any atom is 0.289 e. The molecule has 3 aromatic rings. The molecule has 1 heterocycles. The Labute approximate surface area is 183 Å². The van der Waals surface area contributed by atoms with Crippen molar-refractivity contribution < 1.29 is 9.53 Å². The predicted molar refractivity (Wildman–Crippen MR) is 124 cm³/mol. The third-order valence-corrected chi connectivity index (χ3v) is 4.92. The number of carbonyl (C=O) groups is 1. The minimum atomic E-state index is -0.343. The third kappa shape index (κ3) is 7.41. The summed E-state index contributed by atoms with van der Waals surface area (Å²) in [6, 6.07) is 19.0. The van der Waals surface area contributed by atoms with E-state index in [1.807, 2.05) is 54.6 Å². The van der Waals surface area contributed by atoms with Crippen LogP contribution in [0.4, 0.5) is 0 Å². The highest BCUT2D eigenvalue weighted by Crippen LogP contribution is 2.21. The van der Waals surface area contributed by atoms with Gasteiger partial charge in [-0.05, 0) is 42.3 Å². The van der Waals surface area contributed by atoms with Crippen LogP contribution in [0.5, 0.6) is 5.75 Å². The molecule has 0 bridgehead atoms. The van der Waals surface area contributed by atoms with Crippen LogP contribution in [-0.2, 0) is 0 Å². The number of H-pyrrole nitrogens is 1. The number of aromatic nitrogens is 2. The average Bonchev–Trinajstić information content (AvgIpc) is 3.30. The van der Waals surface area contributed by atoms with Gasteiger partial charge in [0.25, 0.3) is 5.91 Å². The van der Waals surface area contributed by atoms with Gasteiger partial charge in [-0.15, -0.1) is 0 Å². The van der Waals surface area contributed by atoms with Gasteiger partial charge in [-0.25, -0.2) is 5.43 Å². The number of benzene rings is 2. The summed E-state index contributed by atoms with van der Waals surface area (Å²) in [5, 5.41) is 11.0. The highest BCUT2D eigenvalue weighted by molar-refractivity contribution is 5.94. The van der Waals surface area contributed by atoms with E-state index in [1.54, 1.807) is 12.3 Å². The number of nitrogens with zero attached hydrogens (tertiary/aromatic N) is 2. The van der Waals surface area contributed by atoms with E-state index in [0.29, 0.717) is 11.4 Å². The minimum Gasteiger partial charge on any atom is -0.494 e. The molecule has 162 valence electrons. The van der Waals surface area contributed by atoms with Gasteiger partial charge in [0, 0.05) is 5.56 Å². The lowest BCUT2D eigenvalue weighted by Crippen LogP contribution is -2.17. The van der Waals surface area contributed by atoms with Crippen LogP contribution in [0.1, 0.15) is 61.5 Å². The van der Waals surface area contributed by atoms with Crippen LogP contribution in [0, 0.1) is 0 Å². The molecule has 0 aliphatic carbocycles. The summed E-state index contributed by atoms with van der Waals surface area (Å²) >= 11 is 0. The Morgan fingerprint density at radius 2 is 1.77 bits per heavy atom. The molecule has 0 aliphatic rings. The maximum atomic E-state index is 12.2. The maximum absolute atomic E-state index is 12.2. The fraction of sp³-hybridized carbons (Fsp3) is 0.320. The molecule has 2 N–H and O–H groups in total. The van der Waals surface area contributed by atoms with Crippen LogP contribution < -0.4 is 10.2 Å². The zero-order valence-corrected chi connectivity index (χ0v) is 18.0. The first-order chi connectivity index (χ1) is 15.3. The first kappa shape index (κ1) is 22.3. The van der Waals surface area contributed by atoms with Gasteiger partial charge < -0.3 is 4.74 Å². The second-order valence-corrected chi connectivity index (χ2v) is 7.42. The molecular formula is C25H30N4O2. The molecular weight excluding hydrogens is 388 g/mol. The van der Waals surface area contributed by atoms with Crippen molar-refractivity contribution in [2.75, 3.05) is 6.61 Å². The van der Waals surface area contributed by atoms with Crippen LogP contribution in [-0.4, -0.2) is 28.9 Å². The molecule has 3 rings (SSSR count). The van der Waals surface area contributed by atoms with Gasteiger partial charge in [-0.3, -0.25) is 9.89 Å². The van der Waals surface area contributed by atoms with E-state index < -0.39 is 0 Å². The molecule has 2 aromatic carbocycles. The van der Waals surface area contributed by atoms with E-state index in [2.05, 4.69) is 27.6 Å². The second-order valence-electron chi connectivity index (χ2n) is 7.42. The highest BCUT2D eigenvalue weighted by atomic mass is 16.5. The van der Waals surface area contributed by atoms with Crippen molar-refractivity contribution in [3.05, 3.63) is 71.9 Å². The standard InChI is InChI=1S/C25H30N4O2/c1-2-3-4-5-6-10-17-31-22-15-13-21(14-16-22)23-18-24(28-27-23)25(30)29-26-19-20-11-8-7-9-12-20/h7-9,11-16,18-19H,2-6,10,17H2,1H3,(H,27,28)(H,29,30)/b26-19+. The van der Waals surface area contributed by atoms with Crippen LogP contribution in [0.3, 0.4) is 0 Å². The molecule has 6 nitrogen and oxygen atoms in total. The number of aromatic amines is 1. The van der Waals surface area contributed by atoms with Crippen LogP contribution >= 0.6 is 0 Å². The molecule has 1 aromatic heterocycles. The van der Waals surface area contributed by atoms with Crippen LogP contribution in [0.25, 0.3) is 11.3 Å². The van der Waals surface area contributed by atoms with Crippen molar-refractivity contribution in [3.8, 4) is 17.0 Å². The molecule has 6 heteroatoms. The van der Waals surface area contributed by atoms with Crippen molar-refractivity contribution in [1.29, 1.82) is 0 Å². The highest BCUT2D eigenvalue weighted by Gasteiger charge is 2.10. The van der Waals surface area contributed by atoms with Crippen LogP contribution in [0.2, 0.25) is 0 Å². The van der Waals surface area contributed by atoms with E-state index in [0.717, 1.165) is 29.9 Å². The molecule has 0 aliphatic heterocycles. The molecule has 1 amide bonds. The zero-order chi connectivity index (χ0) is 21.7. The first-order valence-electron chi connectivity index (χ1n) is 10.9. The van der Waals surface area contributed by atoms with Crippen molar-refractivity contribution in [2.45, 2.75) is 45.4 Å². The van der Waals surface area contributed by atoms with Gasteiger partial charge in [0.15, 0.2) is 0 Å². The van der Waals surface area contributed by atoms with E-state index in [1.165, 1.54) is 32.1 Å².